The van der Waals surface area contributed by atoms with E-state index in [4.69, 9.17) is 14.0 Å². The second-order valence-electron chi connectivity index (χ2n) is 4.43. The van der Waals surface area contributed by atoms with Crippen LogP contribution in [0.2, 0.25) is 0 Å². The van der Waals surface area contributed by atoms with Crippen molar-refractivity contribution in [3.8, 4) is 11.6 Å². The van der Waals surface area contributed by atoms with Crippen LogP contribution in [0.1, 0.15) is 12.8 Å². The molecule has 0 saturated carbocycles. The molecule has 0 radical (unpaired) electrons. The minimum Gasteiger partial charge on any atom is -0.481 e. The summed E-state index contributed by atoms with van der Waals surface area (Å²) < 4.78 is 10.2. The topological polar surface area (TPSA) is 92.6 Å². The zero-order valence-electron chi connectivity index (χ0n) is 10.7. The number of aliphatic carboxylic acids is 1. The first-order valence-electron chi connectivity index (χ1n) is 5.84. The molecule has 0 spiro atoms. The van der Waals surface area contributed by atoms with Crippen LogP contribution in [0.25, 0.3) is 11.6 Å². The van der Waals surface area contributed by atoms with Crippen LogP contribution >= 0.6 is 0 Å². The van der Waals surface area contributed by atoms with Gasteiger partial charge in [0, 0.05) is 6.54 Å². The molecule has 0 aliphatic carbocycles. The van der Waals surface area contributed by atoms with Gasteiger partial charge in [-0.05, 0) is 19.2 Å². The smallest absolute Gasteiger partial charge is 0.307 e. The van der Waals surface area contributed by atoms with Crippen molar-refractivity contribution in [3.63, 3.8) is 0 Å². The van der Waals surface area contributed by atoms with Gasteiger partial charge >= 0.3 is 5.97 Å². The van der Waals surface area contributed by atoms with E-state index in [0.29, 0.717) is 30.6 Å². The van der Waals surface area contributed by atoms with Crippen molar-refractivity contribution < 1.29 is 18.8 Å². The molecule has 102 valence electrons. The Hall–Kier alpha value is -2.15. The summed E-state index contributed by atoms with van der Waals surface area (Å²) in [6.07, 6.45) is 1.53. The Labute approximate surface area is 109 Å². The van der Waals surface area contributed by atoms with E-state index in [1.165, 1.54) is 6.26 Å². The van der Waals surface area contributed by atoms with Gasteiger partial charge < -0.3 is 14.0 Å². The van der Waals surface area contributed by atoms with Crippen molar-refractivity contribution in [2.75, 3.05) is 13.6 Å². The largest absolute Gasteiger partial charge is 0.481 e. The normalized spacial score (nSPS) is 12.8. The zero-order valence-corrected chi connectivity index (χ0v) is 10.7. The summed E-state index contributed by atoms with van der Waals surface area (Å²) in [4.78, 5) is 16.8. The van der Waals surface area contributed by atoms with Gasteiger partial charge in [0.25, 0.3) is 0 Å². The van der Waals surface area contributed by atoms with Gasteiger partial charge in [0.2, 0.25) is 11.7 Å². The van der Waals surface area contributed by atoms with Crippen LogP contribution in [0, 0.1) is 5.92 Å². The molecule has 2 aromatic rings. The van der Waals surface area contributed by atoms with Crippen LogP contribution in [0.4, 0.5) is 0 Å². The Morgan fingerprint density at radius 1 is 1.58 bits per heavy atom. The fourth-order valence-electron chi connectivity index (χ4n) is 1.67. The minimum atomic E-state index is -0.825. The third-order valence-corrected chi connectivity index (χ3v) is 2.62. The Balaban J connectivity index is 1.95. The minimum absolute atomic E-state index is 0.389. The summed E-state index contributed by atoms with van der Waals surface area (Å²) in [5.41, 5.74) is 0. The fourth-order valence-corrected chi connectivity index (χ4v) is 1.67. The van der Waals surface area contributed by atoms with Crippen LogP contribution in [0.15, 0.2) is 27.3 Å². The Morgan fingerprint density at radius 3 is 3.00 bits per heavy atom. The Bertz CT molecular complexity index is 535. The number of hydrogen-bond acceptors (Lipinski definition) is 6. The van der Waals surface area contributed by atoms with E-state index in [2.05, 4.69) is 10.1 Å². The van der Waals surface area contributed by atoms with E-state index in [0.717, 1.165) is 0 Å². The summed E-state index contributed by atoms with van der Waals surface area (Å²) >= 11 is 0. The van der Waals surface area contributed by atoms with Crippen LogP contribution in [-0.2, 0) is 11.3 Å². The predicted octanol–water partition coefficient (Wildman–Crippen LogP) is 1.48. The summed E-state index contributed by atoms with van der Waals surface area (Å²) in [5.74, 6) is 0.0776. The highest BCUT2D eigenvalue weighted by Gasteiger charge is 2.16. The Kier molecular flexibility index (Phi) is 3.96. The molecule has 2 rings (SSSR count). The van der Waals surface area contributed by atoms with Gasteiger partial charge in [-0.2, -0.15) is 4.98 Å². The molecule has 7 nitrogen and oxygen atoms in total. The number of carbonyl (C=O) groups is 1. The first-order valence-corrected chi connectivity index (χ1v) is 5.84. The lowest BCUT2D eigenvalue weighted by Crippen LogP contribution is -2.28. The number of furan rings is 1. The molecule has 0 saturated heterocycles. The van der Waals surface area contributed by atoms with Gasteiger partial charge in [0.1, 0.15) is 0 Å². The monoisotopic (exact) mass is 265 g/mol. The van der Waals surface area contributed by atoms with E-state index >= 15 is 0 Å². The predicted molar refractivity (Wildman–Crippen MR) is 65.1 cm³/mol. The van der Waals surface area contributed by atoms with Crippen LogP contribution < -0.4 is 0 Å². The third kappa shape index (κ3) is 3.41. The number of nitrogens with zero attached hydrogens (tertiary/aromatic N) is 3. The molecular weight excluding hydrogens is 250 g/mol. The number of carboxylic acids is 1. The van der Waals surface area contributed by atoms with E-state index in [9.17, 15) is 4.79 Å². The van der Waals surface area contributed by atoms with Crippen molar-refractivity contribution in [3.05, 3.63) is 24.3 Å². The average Bonchev–Trinajstić information content (AvgIpc) is 2.97. The fraction of sp³-hybridized carbons (Fsp3) is 0.417. The van der Waals surface area contributed by atoms with E-state index in [1.54, 1.807) is 26.1 Å². The lowest BCUT2D eigenvalue weighted by Gasteiger charge is -2.16. The van der Waals surface area contributed by atoms with E-state index < -0.39 is 11.9 Å². The van der Waals surface area contributed by atoms with Gasteiger partial charge in [0.15, 0.2) is 5.76 Å². The quantitative estimate of drug-likeness (QED) is 0.845. The SMILES string of the molecule is CC(CN(C)Cc1nc(-c2ccco2)no1)C(=O)O. The summed E-state index contributed by atoms with van der Waals surface area (Å²) in [6.45, 7) is 2.46. The highest BCUT2D eigenvalue weighted by molar-refractivity contribution is 5.69. The molecule has 2 heterocycles. The van der Waals surface area contributed by atoms with E-state index in [1.807, 2.05) is 4.90 Å². The zero-order chi connectivity index (χ0) is 13.8. The standard InChI is InChI=1S/C12H15N3O4/c1-8(12(16)17)6-15(2)7-10-13-11(14-19-10)9-4-3-5-18-9/h3-5,8H,6-7H2,1-2H3,(H,16,17). The molecule has 1 N–H and O–H groups in total. The molecule has 1 unspecified atom stereocenters. The molecule has 0 aliphatic heterocycles. The molecule has 2 aromatic heterocycles. The molecule has 7 heteroatoms. The van der Waals surface area contributed by atoms with Crippen LogP contribution in [0.5, 0.6) is 0 Å². The van der Waals surface area contributed by atoms with Gasteiger partial charge in [-0.1, -0.05) is 12.1 Å². The average molecular weight is 265 g/mol. The maximum atomic E-state index is 10.8. The van der Waals surface area contributed by atoms with Gasteiger partial charge in [-0.25, -0.2) is 0 Å². The van der Waals surface area contributed by atoms with Gasteiger partial charge in [-0.3, -0.25) is 9.69 Å². The number of rotatable bonds is 6. The molecule has 19 heavy (non-hydrogen) atoms. The van der Waals surface area contributed by atoms with Crippen LogP contribution in [0.3, 0.4) is 0 Å². The molecule has 0 fully saturated rings. The molecule has 1 atom stereocenters. The molecule has 0 bridgehead atoms. The van der Waals surface area contributed by atoms with Crippen molar-refractivity contribution >= 4 is 5.97 Å². The van der Waals surface area contributed by atoms with Gasteiger partial charge in [-0.15, -0.1) is 0 Å². The number of aromatic nitrogens is 2. The first-order chi connectivity index (χ1) is 9.06. The van der Waals surface area contributed by atoms with Crippen LogP contribution in [-0.4, -0.2) is 39.7 Å². The highest BCUT2D eigenvalue weighted by Crippen LogP contribution is 2.16. The van der Waals surface area contributed by atoms with Crippen molar-refractivity contribution in [2.45, 2.75) is 13.5 Å². The maximum Gasteiger partial charge on any atom is 0.307 e. The summed E-state index contributed by atoms with van der Waals surface area (Å²) in [6, 6.07) is 3.48. The van der Waals surface area contributed by atoms with Crippen molar-refractivity contribution in [1.82, 2.24) is 15.0 Å². The van der Waals surface area contributed by atoms with Gasteiger partial charge in [0.05, 0.1) is 18.7 Å². The van der Waals surface area contributed by atoms with Crippen molar-refractivity contribution in [1.29, 1.82) is 0 Å². The first kappa shape index (κ1) is 13.3. The second kappa shape index (κ2) is 5.66. The van der Waals surface area contributed by atoms with Crippen molar-refractivity contribution in [2.24, 2.45) is 5.92 Å². The summed E-state index contributed by atoms with van der Waals surface area (Å²) in [5, 5.41) is 12.6. The molecule has 0 aliphatic rings. The maximum absolute atomic E-state index is 10.8. The lowest BCUT2D eigenvalue weighted by atomic mass is 10.2. The molecule has 0 amide bonds. The lowest BCUT2D eigenvalue weighted by molar-refractivity contribution is -0.141. The Morgan fingerprint density at radius 2 is 2.37 bits per heavy atom. The summed E-state index contributed by atoms with van der Waals surface area (Å²) in [7, 11) is 1.80. The van der Waals surface area contributed by atoms with E-state index in [-0.39, 0.29) is 0 Å². The number of hydrogen-bond donors (Lipinski definition) is 1. The molecule has 0 aromatic carbocycles. The third-order valence-electron chi connectivity index (χ3n) is 2.62. The highest BCUT2D eigenvalue weighted by atomic mass is 16.5. The molecular formula is C12H15N3O4. The number of carboxylic acid groups (broad SMARTS) is 1. The second-order valence-corrected chi connectivity index (χ2v) is 4.43.